The minimum atomic E-state index is -4.00. The van der Waals surface area contributed by atoms with Gasteiger partial charge in [0.2, 0.25) is 10.0 Å². The number of primary amides is 1. The Labute approximate surface area is 151 Å². The first kappa shape index (κ1) is 21.0. The minimum Gasteiger partial charge on any atom is -0.488 e. The van der Waals surface area contributed by atoms with Gasteiger partial charge < -0.3 is 10.5 Å². The fourth-order valence-corrected chi connectivity index (χ4v) is 3.54. The Balaban J connectivity index is 0.00000312. The van der Waals surface area contributed by atoms with Crippen molar-refractivity contribution in [3.05, 3.63) is 28.3 Å². The van der Waals surface area contributed by atoms with Gasteiger partial charge in [0.05, 0.1) is 23.3 Å². The van der Waals surface area contributed by atoms with E-state index in [1.54, 1.807) is 0 Å². The van der Waals surface area contributed by atoms with E-state index in [1.165, 1.54) is 0 Å². The number of nitrogens with zero attached hydrogens (tertiary/aromatic N) is 2. The van der Waals surface area contributed by atoms with Crippen LogP contribution in [0.4, 0.5) is 16.2 Å². The van der Waals surface area contributed by atoms with E-state index in [4.69, 9.17) is 10.5 Å². The molecule has 1 aromatic carbocycles. The van der Waals surface area contributed by atoms with E-state index in [0.717, 1.165) is 56.6 Å². The number of hydrogen-bond acceptors (Lipinski definition) is 6. The van der Waals surface area contributed by atoms with Gasteiger partial charge in [-0.25, -0.2) is 13.2 Å². The van der Waals surface area contributed by atoms with Crippen LogP contribution >= 0.6 is 12.4 Å². The molecule has 140 valence electrons. The maximum absolute atomic E-state index is 11.9. The highest BCUT2D eigenvalue weighted by Crippen LogP contribution is 2.36. The molecule has 0 heterocycles. The van der Waals surface area contributed by atoms with E-state index in [0.29, 0.717) is 4.31 Å². The van der Waals surface area contributed by atoms with Crippen LogP contribution < -0.4 is 14.8 Å². The average molecular weight is 394 g/mol. The Morgan fingerprint density at radius 3 is 2.40 bits per heavy atom. The maximum Gasteiger partial charge on any atom is 0.333 e. The first-order valence-electron chi connectivity index (χ1n) is 7.45. The lowest BCUT2D eigenvalue weighted by molar-refractivity contribution is -0.384. The van der Waals surface area contributed by atoms with Gasteiger partial charge in [-0.3, -0.25) is 10.1 Å². The molecule has 0 unspecified atom stereocenters. The Morgan fingerprint density at radius 2 is 1.92 bits per heavy atom. The summed E-state index contributed by atoms with van der Waals surface area (Å²) in [4.78, 5) is 22.0. The van der Waals surface area contributed by atoms with Gasteiger partial charge in [0.1, 0.15) is 5.69 Å². The lowest BCUT2D eigenvalue weighted by Crippen LogP contribution is -2.40. The summed E-state index contributed by atoms with van der Waals surface area (Å²) in [7, 11) is -4.00. The smallest absolute Gasteiger partial charge is 0.333 e. The molecule has 1 aliphatic rings. The average Bonchev–Trinajstić information content (AvgIpc) is 2.48. The zero-order valence-electron chi connectivity index (χ0n) is 13.6. The number of benzene rings is 1. The molecule has 0 aliphatic heterocycles. The van der Waals surface area contributed by atoms with Crippen LogP contribution in [0.5, 0.6) is 5.75 Å². The number of nitro benzene ring substituents is 1. The summed E-state index contributed by atoms with van der Waals surface area (Å²) < 4.78 is 29.9. The van der Waals surface area contributed by atoms with Gasteiger partial charge in [-0.2, -0.15) is 4.31 Å². The van der Waals surface area contributed by atoms with Crippen LogP contribution in [0.25, 0.3) is 0 Å². The van der Waals surface area contributed by atoms with Crippen molar-refractivity contribution in [2.75, 3.05) is 10.6 Å². The van der Waals surface area contributed by atoms with E-state index >= 15 is 0 Å². The van der Waals surface area contributed by atoms with Gasteiger partial charge in [0.15, 0.2) is 5.75 Å². The summed E-state index contributed by atoms with van der Waals surface area (Å²) >= 11 is 0. The molecule has 1 aromatic rings. The van der Waals surface area contributed by atoms with Gasteiger partial charge in [-0.1, -0.05) is 6.42 Å². The Kier molecular flexibility index (Phi) is 7.00. The zero-order chi connectivity index (χ0) is 17.9. The van der Waals surface area contributed by atoms with Crippen molar-refractivity contribution in [1.82, 2.24) is 0 Å². The molecule has 1 fully saturated rings. The number of sulfonamides is 1. The molecule has 0 atom stereocenters. The van der Waals surface area contributed by atoms with Crippen LogP contribution in [0.2, 0.25) is 0 Å². The summed E-state index contributed by atoms with van der Waals surface area (Å²) in [6.45, 7) is 0. The highest BCUT2D eigenvalue weighted by atomic mass is 35.5. The molecular formula is C14H20ClN3O6S. The topological polar surface area (TPSA) is 133 Å². The molecule has 0 bridgehead atoms. The third kappa shape index (κ3) is 5.20. The summed E-state index contributed by atoms with van der Waals surface area (Å²) in [6, 6.07) is 2.16. The SMILES string of the molecule is CS(=O)(=O)N(C(N)=O)c1ccc([N+](=O)[O-])cc1OC1CCCCC1.Cl. The summed E-state index contributed by atoms with van der Waals surface area (Å²) in [5, 5.41) is 11.0. The van der Waals surface area contributed by atoms with E-state index in [9.17, 15) is 23.3 Å². The predicted octanol–water partition coefficient (Wildman–Crippen LogP) is 2.57. The van der Waals surface area contributed by atoms with Crippen molar-refractivity contribution in [3.63, 3.8) is 0 Å². The van der Waals surface area contributed by atoms with Crippen LogP contribution in [0, 0.1) is 10.1 Å². The number of amides is 2. The molecule has 0 radical (unpaired) electrons. The van der Waals surface area contributed by atoms with Crippen molar-refractivity contribution in [2.24, 2.45) is 5.73 Å². The van der Waals surface area contributed by atoms with E-state index in [1.807, 2.05) is 0 Å². The number of rotatable bonds is 5. The number of ether oxygens (including phenoxy) is 1. The fraction of sp³-hybridized carbons (Fsp3) is 0.500. The predicted molar refractivity (Wildman–Crippen MR) is 94.8 cm³/mol. The quantitative estimate of drug-likeness (QED) is 0.603. The number of nitro groups is 1. The number of non-ortho nitro benzene ring substituents is 1. The number of anilines is 1. The van der Waals surface area contributed by atoms with Crippen molar-refractivity contribution < 1.29 is 22.9 Å². The first-order valence-corrected chi connectivity index (χ1v) is 9.30. The third-order valence-electron chi connectivity index (χ3n) is 3.75. The molecule has 1 saturated carbocycles. The third-order valence-corrected chi connectivity index (χ3v) is 4.79. The zero-order valence-corrected chi connectivity index (χ0v) is 15.2. The Morgan fingerprint density at radius 1 is 1.32 bits per heavy atom. The van der Waals surface area contributed by atoms with Gasteiger partial charge in [-0.05, 0) is 31.7 Å². The molecule has 0 aromatic heterocycles. The number of urea groups is 1. The normalized spacial score (nSPS) is 15.1. The summed E-state index contributed by atoms with van der Waals surface area (Å²) in [5.74, 6) is -0.0414. The van der Waals surface area contributed by atoms with Crippen LogP contribution in [0.15, 0.2) is 18.2 Å². The lowest BCUT2D eigenvalue weighted by Gasteiger charge is -2.26. The second-order valence-corrected chi connectivity index (χ2v) is 7.48. The van der Waals surface area contributed by atoms with Crippen molar-refractivity contribution >= 4 is 39.8 Å². The lowest BCUT2D eigenvalue weighted by atomic mass is 9.98. The van der Waals surface area contributed by atoms with Crippen molar-refractivity contribution in [2.45, 2.75) is 38.2 Å². The highest BCUT2D eigenvalue weighted by molar-refractivity contribution is 7.92. The number of halogens is 1. The molecule has 9 nitrogen and oxygen atoms in total. The molecule has 25 heavy (non-hydrogen) atoms. The molecule has 0 saturated heterocycles. The van der Waals surface area contributed by atoms with Crippen LogP contribution in [-0.4, -0.2) is 31.7 Å². The summed E-state index contributed by atoms with van der Waals surface area (Å²) in [5.41, 5.74) is 4.79. The highest BCUT2D eigenvalue weighted by Gasteiger charge is 2.29. The van der Waals surface area contributed by atoms with Gasteiger partial charge in [0, 0.05) is 6.07 Å². The van der Waals surface area contributed by atoms with Crippen molar-refractivity contribution in [1.29, 1.82) is 0 Å². The monoisotopic (exact) mass is 393 g/mol. The van der Waals surface area contributed by atoms with E-state index < -0.39 is 21.0 Å². The van der Waals surface area contributed by atoms with Gasteiger partial charge in [-0.15, -0.1) is 12.4 Å². The Hall–Kier alpha value is -2.07. The Bertz CT molecular complexity index is 749. The molecule has 0 spiro atoms. The molecule has 2 rings (SSSR count). The van der Waals surface area contributed by atoms with E-state index in [-0.39, 0.29) is 35.6 Å². The number of carbonyl (C=O) groups is 1. The molecular weight excluding hydrogens is 374 g/mol. The number of carbonyl (C=O) groups excluding carboxylic acids is 1. The van der Waals surface area contributed by atoms with Crippen LogP contribution in [0.1, 0.15) is 32.1 Å². The largest absolute Gasteiger partial charge is 0.488 e. The van der Waals surface area contributed by atoms with Crippen molar-refractivity contribution in [3.8, 4) is 5.75 Å². The number of hydrogen-bond donors (Lipinski definition) is 1. The molecule has 2 amide bonds. The van der Waals surface area contributed by atoms with Crippen LogP contribution in [0.3, 0.4) is 0 Å². The molecule has 2 N–H and O–H groups in total. The van der Waals surface area contributed by atoms with E-state index in [2.05, 4.69) is 0 Å². The molecule has 1 aliphatic carbocycles. The number of nitrogens with two attached hydrogens (primary N) is 1. The minimum absolute atomic E-state index is 0. The summed E-state index contributed by atoms with van der Waals surface area (Å²) in [6.07, 6.45) is 5.16. The first-order chi connectivity index (χ1) is 11.2. The maximum atomic E-state index is 11.9. The van der Waals surface area contributed by atoms with Gasteiger partial charge >= 0.3 is 6.03 Å². The van der Waals surface area contributed by atoms with Crippen LogP contribution in [-0.2, 0) is 10.0 Å². The molecule has 11 heteroatoms. The standard InChI is InChI=1S/C14H19N3O6S.ClH/c1-24(21,22)16(14(15)18)12-8-7-10(17(19)20)9-13(12)23-11-5-3-2-4-6-11;/h7-9,11H,2-6H2,1H3,(H2,15,18);1H. The fourth-order valence-electron chi connectivity index (χ4n) is 2.70. The second-order valence-electron chi connectivity index (χ2n) is 5.65. The second kappa shape index (κ2) is 8.34. The van der Waals surface area contributed by atoms with Gasteiger partial charge in [0.25, 0.3) is 5.69 Å².